The molecule has 1 N–H and O–H groups in total. The monoisotopic (exact) mass is 284 g/mol. The van der Waals surface area contributed by atoms with Crippen molar-refractivity contribution in [3.05, 3.63) is 53.3 Å². The van der Waals surface area contributed by atoms with E-state index in [1.54, 1.807) is 0 Å². The predicted octanol–water partition coefficient (Wildman–Crippen LogP) is 3.30. The van der Waals surface area contributed by atoms with E-state index in [9.17, 15) is 0 Å². The summed E-state index contributed by atoms with van der Waals surface area (Å²) in [5.74, 6) is 1.06. The molecule has 21 heavy (non-hydrogen) atoms. The Morgan fingerprint density at radius 3 is 3.00 bits per heavy atom. The number of benzene rings is 1. The van der Waals surface area contributed by atoms with Crippen LogP contribution in [-0.2, 0) is 19.5 Å². The van der Waals surface area contributed by atoms with Crippen LogP contribution in [0, 0.1) is 6.92 Å². The maximum absolute atomic E-state index is 6.04. The molecule has 1 aromatic carbocycles. The second-order valence-electron chi connectivity index (χ2n) is 6.31. The lowest BCUT2D eigenvalue weighted by Crippen LogP contribution is -2.22. The summed E-state index contributed by atoms with van der Waals surface area (Å²) >= 11 is 0. The van der Waals surface area contributed by atoms with Crippen LogP contribution in [0.4, 0.5) is 0 Å². The van der Waals surface area contributed by atoms with Gasteiger partial charge in [0.25, 0.3) is 0 Å². The quantitative estimate of drug-likeness (QED) is 0.911. The summed E-state index contributed by atoms with van der Waals surface area (Å²) in [6.45, 7) is 8.31. The van der Waals surface area contributed by atoms with Crippen molar-refractivity contribution in [3.63, 3.8) is 0 Å². The fourth-order valence-electron chi connectivity index (χ4n) is 2.82. The summed E-state index contributed by atoms with van der Waals surface area (Å²) in [6.07, 6.45) is 5.62. The van der Waals surface area contributed by atoms with Gasteiger partial charge >= 0.3 is 0 Å². The van der Waals surface area contributed by atoms with Gasteiger partial charge in [-0.05, 0) is 30.2 Å². The first-order valence-electron chi connectivity index (χ1n) is 7.74. The summed E-state index contributed by atoms with van der Waals surface area (Å²) in [4.78, 5) is 0. The molecule has 3 rings (SSSR count). The van der Waals surface area contributed by atoms with E-state index in [1.165, 1.54) is 16.7 Å². The van der Waals surface area contributed by atoms with Gasteiger partial charge in [0.15, 0.2) is 0 Å². The molecule has 112 valence electrons. The Balaban J connectivity index is 1.59. The van der Waals surface area contributed by atoms with Gasteiger partial charge in [0.05, 0.1) is 6.54 Å². The summed E-state index contributed by atoms with van der Waals surface area (Å²) in [7, 11) is 0. The number of aromatic nitrogens is 1. The number of aryl methyl sites for hydroxylation is 1. The largest absolute Gasteiger partial charge is 0.488 e. The third kappa shape index (κ3) is 3.48. The van der Waals surface area contributed by atoms with Crippen molar-refractivity contribution >= 4 is 0 Å². The van der Waals surface area contributed by atoms with Crippen LogP contribution in [0.3, 0.4) is 0 Å². The first-order chi connectivity index (χ1) is 10.1. The number of nitrogens with one attached hydrogen (secondary N) is 1. The van der Waals surface area contributed by atoms with Crippen LogP contribution in [0.25, 0.3) is 0 Å². The van der Waals surface area contributed by atoms with Gasteiger partial charge in [-0.15, -0.1) is 0 Å². The van der Waals surface area contributed by atoms with Crippen molar-refractivity contribution in [1.82, 2.24) is 9.88 Å². The molecule has 0 fully saturated rings. The van der Waals surface area contributed by atoms with Gasteiger partial charge < -0.3 is 14.6 Å². The maximum atomic E-state index is 6.04. The molecule has 1 atom stereocenters. The van der Waals surface area contributed by atoms with Crippen molar-refractivity contribution in [1.29, 1.82) is 0 Å². The summed E-state index contributed by atoms with van der Waals surface area (Å²) in [5, 5.41) is 3.44. The van der Waals surface area contributed by atoms with Crippen LogP contribution in [0.1, 0.15) is 30.5 Å². The predicted molar refractivity (Wildman–Crippen MR) is 85.7 cm³/mol. The molecule has 3 nitrogen and oxygen atoms in total. The van der Waals surface area contributed by atoms with Gasteiger partial charge in [-0.2, -0.15) is 0 Å². The molecule has 0 spiro atoms. The lowest BCUT2D eigenvalue weighted by atomic mass is 10.1. The number of fused-ring (bicyclic) bond motifs is 1. The highest BCUT2D eigenvalue weighted by atomic mass is 16.5. The van der Waals surface area contributed by atoms with Gasteiger partial charge in [0, 0.05) is 31.4 Å². The number of nitrogens with zero attached hydrogens (tertiary/aromatic N) is 1. The standard InChI is InChI=1S/C18H24N2O/c1-13(2)19-10-15-6-7-20(11-15)12-17-9-16-8-14(3)4-5-18(16)21-17/h4-8,11,13,17,19H,9-10,12H2,1-3H3. The van der Waals surface area contributed by atoms with Crippen LogP contribution in [-0.4, -0.2) is 16.7 Å². The average molecular weight is 284 g/mol. The van der Waals surface area contributed by atoms with Crippen molar-refractivity contribution in [2.45, 2.75) is 52.4 Å². The Hall–Kier alpha value is -1.74. The van der Waals surface area contributed by atoms with Crippen LogP contribution >= 0.6 is 0 Å². The number of rotatable bonds is 5. The van der Waals surface area contributed by atoms with Gasteiger partial charge in [-0.1, -0.05) is 31.5 Å². The molecule has 2 heterocycles. The third-order valence-corrected chi connectivity index (χ3v) is 3.90. The van der Waals surface area contributed by atoms with Crippen LogP contribution in [0.5, 0.6) is 5.75 Å². The van der Waals surface area contributed by atoms with E-state index in [0.29, 0.717) is 6.04 Å². The van der Waals surface area contributed by atoms with E-state index in [4.69, 9.17) is 4.74 Å². The van der Waals surface area contributed by atoms with Crippen LogP contribution in [0.2, 0.25) is 0 Å². The Kier molecular flexibility index (Phi) is 4.02. The van der Waals surface area contributed by atoms with Gasteiger partial charge in [-0.3, -0.25) is 0 Å². The molecular weight excluding hydrogens is 260 g/mol. The fourth-order valence-corrected chi connectivity index (χ4v) is 2.82. The molecule has 1 aromatic heterocycles. The molecule has 2 aromatic rings. The van der Waals surface area contributed by atoms with E-state index in [0.717, 1.165) is 25.3 Å². The normalized spacial score (nSPS) is 17.0. The third-order valence-electron chi connectivity index (χ3n) is 3.90. The molecule has 1 aliphatic rings. The topological polar surface area (TPSA) is 26.2 Å². The minimum atomic E-state index is 0.250. The first-order valence-corrected chi connectivity index (χ1v) is 7.74. The highest BCUT2D eigenvalue weighted by Gasteiger charge is 2.22. The van der Waals surface area contributed by atoms with Gasteiger partial charge in [-0.25, -0.2) is 0 Å². The Bertz CT molecular complexity index is 615. The minimum absolute atomic E-state index is 0.250. The summed E-state index contributed by atoms with van der Waals surface area (Å²) < 4.78 is 8.27. The summed E-state index contributed by atoms with van der Waals surface area (Å²) in [6, 6.07) is 9.15. The molecule has 0 aliphatic carbocycles. The second-order valence-corrected chi connectivity index (χ2v) is 6.31. The highest BCUT2D eigenvalue weighted by Crippen LogP contribution is 2.30. The lowest BCUT2D eigenvalue weighted by Gasteiger charge is -2.11. The zero-order valence-electron chi connectivity index (χ0n) is 13.1. The number of hydrogen-bond donors (Lipinski definition) is 1. The molecule has 0 saturated carbocycles. The van der Waals surface area contributed by atoms with E-state index >= 15 is 0 Å². The number of ether oxygens (including phenoxy) is 1. The van der Waals surface area contributed by atoms with Crippen LogP contribution in [0.15, 0.2) is 36.7 Å². The zero-order valence-corrected chi connectivity index (χ0v) is 13.1. The van der Waals surface area contributed by atoms with Crippen molar-refractivity contribution < 1.29 is 4.74 Å². The van der Waals surface area contributed by atoms with Crippen LogP contribution < -0.4 is 10.1 Å². The van der Waals surface area contributed by atoms with Gasteiger partial charge in [0.1, 0.15) is 11.9 Å². The van der Waals surface area contributed by atoms with Crippen molar-refractivity contribution in [2.24, 2.45) is 0 Å². The molecule has 0 bridgehead atoms. The Labute approximate surface area is 126 Å². The fraction of sp³-hybridized carbons (Fsp3) is 0.444. The average Bonchev–Trinajstić information content (AvgIpc) is 3.02. The zero-order chi connectivity index (χ0) is 14.8. The minimum Gasteiger partial charge on any atom is -0.488 e. The highest BCUT2D eigenvalue weighted by molar-refractivity contribution is 5.40. The van der Waals surface area contributed by atoms with E-state index in [2.05, 4.69) is 67.3 Å². The van der Waals surface area contributed by atoms with Gasteiger partial charge in [0.2, 0.25) is 0 Å². The van der Waals surface area contributed by atoms with Crippen molar-refractivity contribution in [2.75, 3.05) is 0 Å². The van der Waals surface area contributed by atoms with E-state index in [1.807, 2.05) is 0 Å². The molecule has 0 radical (unpaired) electrons. The maximum Gasteiger partial charge on any atom is 0.123 e. The smallest absolute Gasteiger partial charge is 0.123 e. The first kappa shape index (κ1) is 14.2. The molecule has 3 heteroatoms. The van der Waals surface area contributed by atoms with E-state index < -0.39 is 0 Å². The molecule has 0 amide bonds. The second kappa shape index (κ2) is 5.94. The SMILES string of the molecule is Cc1ccc2c(c1)CC(Cn1ccc(CNC(C)C)c1)O2. The van der Waals surface area contributed by atoms with Crippen molar-refractivity contribution in [3.8, 4) is 5.75 Å². The lowest BCUT2D eigenvalue weighted by molar-refractivity contribution is 0.209. The van der Waals surface area contributed by atoms with E-state index in [-0.39, 0.29) is 6.10 Å². The Morgan fingerprint density at radius 1 is 1.33 bits per heavy atom. The summed E-state index contributed by atoms with van der Waals surface area (Å²) in [5.41, 5.74) is 3.98. The molecule has 1 aliphatic heterocycles. The Morgan fingerprint density at radius 2 is 2.19 bits per heavy atom. The number of hydrogen-bond acceptors (Lipinski definition) is 2. The molecule has 1 unspecified atom stereocenters. The molecular formula is C18H24N2O. The molecule has 0 saturated heterocycles.